The van der Waals surface area contributed by atoms with Gasteiger partial charge in [-0.25, -0.2) is 0 Å². The summed E-state index contributed by atoms with van der Waals surface area (Å²) in [7, 11) is 0. The zero-order valence-corrected chi connectivity index (χ0v) is 29.5. The van der Waals surface area contributed by atoms with Gasteiger partial charge < -0.3 is 13.5 Å². The maximum absolute atomic E-state index is 10.2. The second-order valence-electron chi connectivity index (χ2n) is 14.9. The fourth-order valence-corrected chi connectivity index (χ4v) is 9.75. The van der Waals surface area contributed by atoms with Crippen molar-refractivity contribution in [3.8, 4) is 17.4 Å². The molecule has 4 heterocycles. The van der Waals surface area contributed by atoms with Crippen LogP contribution < -0.4 is 0 Å². The minimum Gasteiger partial charge on any atom is -0.309 e. The normalized spacial score (nSPS) is 12.3. The van der Waals surface area contributed by atoms with Crippen LogP contribution in [0.25, 0.3) is 115 Å². The van der Waals surface area contributed by atoms with E-state index in [1.165, 1.54) is 70.7 Å². The Morgan fingerprint density at radius 1 is 0.327 bits per heavy atom. The number of rotatable bonds is 2. The highest BCUT2D eigenvalue weighted by Gasteiger charge is 2.21. The van der Waals surface area contributed by atoms with Gasteiger partial charge in [-0.05, 0) is 106 Å². The lowest BCUT2D eigenvalue weighted by atomic mass is 10.0. The minimum atomic E-state index is 0.679. The summed E-state index contributed by atoms with van der Waals surface area (Å²) in [6.07, 6.45) is 0. The van der Waals surface area contributed by atoms with Crippen LogP contribution in [0.1, 0.15) is 5.56 Å². The lowest BCUT2D eigenvalue weighted by molar-refractivity contribution is 1.19. The van der Waals surface area contributed by atoms with Crippen LogP contribution in [0.15, 0.2) is 170 Å². The summed E-state index contributed by atoms with van der Waals surface area (Å²) in [4.78, 5) is 0. The largest absolute Gasteiger partial charge is 0.309 e. The third-order valence-electron chi connectivity index (χ3n) is 12.1. The van der Waals surface area contributed by atoms with E-state index in [4.69, 9.17) is 0 Å². The van der Waals surface area contributed by atoms with E-state index in [0.29, 0.717) is 5.56 Å². The number of aromatic nitrogens is 3. The van der Waals surface area contributed by atoms with Gasteiger partial charge in [0.1, 0.15) is 0 Å². The molecule has 13 aromatic rings. The monoisotopic (exact) mass is 696 g/mol. The van der Waals surface area contributed by atoms with Gasteiger partial charge in [-0.3, -0.25) is 0 Å². The first-order chi connectivity index (χ1) is 27.2. The van der Waals surface area contributed by atoms with Crippen molar-refractivity contribution in [3.63, 3.8) is 0 Å². The van der Waals surface area contributed by atoms with E-state index in [9.17, 15) is 5.26 Å². The fraction of sp³-hybridized carbons (Fsp3) is 0. The number of nitriles is 1. The first-order valence-corrected chi connectivity index (χ1v) is 18.7. The predicted octanol–water partition coefficient (Wildman–Crippen LogP) is 13.2. The molecule has 0 unspecified atom stereocenters. The van der Waals surface area contributed by atoms with Gasteiger partial charge >= 0.3 is 0 Å². The smallest absolute Gasteiger partial charge is 0.0992 e. The second kappa shape index (κ2) is 10.3. The highest BCUT2D eigenvalue weighted by molar-refractivity contribution is 6.26. The summed E-state index contributed by atoms with van der Waals surface area (Å²) in [5, 5.41) is 24.5. The zero-order chi connectivity index (χ0) is 35.9. The molecule has 0 fully saturated rings. The Bertz CT molecular complexity index is 3500. The molecule has 55 heavy (non-hydrogen) atoms. The van der Waals surface area contributed by atoms with Crippen molar-refractivity contribution in [1.82, 2.24) is 13.5 Å². The molecule has 0 saturated carbocycles. The van der Waals surface area contributed by atoms with Crippen LogP contribution in [0.2, 0.25) is 0 Å². The molecule has 4 heteroatoms. The van der Waals surface area contributed by atoms with Gasteiger partial charge in [0.25, 0.3) is 0 Å². The maximum Gasteiger partial charge on any atom is 0.0992 e. The average Bonchev–Trinajstić information content (AvgIpc) is 3.95. The Labute approximate surface area is 313 Å². The first kappa shape index (κ1) is 28.9. The van der Waals surface area contributed by atoms with E-state index in [1.54, 1.807) is 0 Å². The number of hydrogen-bond acceptors (Lipinski definition) is 1. The summed E-state index contributed by atoms with van der Waals surface area (Å²) < 4.78 is 7.21. The summed E-state index contributed by atoms with van der Waals surface area (Å²) in [6, 6.07) is 64.2. The van der Waals surface area contributed by atoms with Crippen LogP contribution >= 0.6 is 0 Å². The molecule has 9 aromatic carbocycles. The van der Waals surface area contributed by atoms with Crippen molar-refractivity contribution < 1.29 is 0 Å². The average molecular weight is 697 g/mol. The number of hydrogen-bond donors (Lipinski definition) is 0. The van der Waals surface area contributed by atoms with E-state index < -0.39 is 0 Å². The van der Waals surface area contributed by atoms with Crippen molar-refractivity contribution in [2.45, 2.75) is 0 Å². The standard InChI is InChI=1S/C51H28N4/c52-29-30-21-43-41-25-31-17-19-35(53-45-13-5-1-9-37(45)38-10-2-6-14-46(38)53)23-33(31)27-49(41)55-50-28-34-24-36(20-18-32(34)26-42(50)44(22-30)51(43)55)54-47-15-7-3-11-39(47)40-12-4-8-16-48(40)54/h1-28H. The lowest BCUT2D eigenvalue weighted by Gasteiger charge is -2.10. The Hall–Kier alpha value is -7.61. The highest BCUT2D eigenvalue weighted by Crippen LogP contribution is 2.43. The first-order valence-electron chi connectivity index (χ1n) is 18.7. The summed E-state index contributed by atoms with van der Waals surface area (Å²) in [5.74, 6) is 0. The number of para-hydroxylation sites is 4. The number of fused-ring (bicyclic) bond motifs is 14. The minimum absolute atomic E-state index is 0.679. The quantitative estimate of drug-likeness (QED) is 0.177. The Kier molecular flexibility index (Phi) is 5.41. The van der Waals surface area contributed by atoms with Crippen LogP contribution in [0, 0.1) is 11.3 Å². The number of benzene rings is 9. The van der Waals surface area contributed by atoms with Crippen molar-refractivity contribution >= 4 is 103 Å². The predicted molar refractivity (Wildman–Crippen MR) is 230 cm³/mol. The van der Waals surface area contributed by atoms with Crippen LogP contribution in [-0.4, -0.2) is 13.5 Å². The molecule has 4 nitrogen and oxygen atoms in total. The van der Waals surface area contributed by atoms with Crippen molar-refractivity contribution in [2.75, 3.05) is 0 Å². The summed E-state index contributed by atoms with van der Waals surface area (Å²) >= 11 is 0. The van der Waals surface area contributed by atoms with Crippen LogP contribution in [0.5, 0.6) is 0 Å². The molecule has 0 aliphatic rings. The molecule has 0 aliphatic heterocycles. The van der Waals surface area contributed by atoms with Gasteiger partial charge in [-0.1, -0.05) is 84.9 Å². The molecule has 0 radical (unpaired) electrons. The Morgan fingerprint density at radius 2 is 0.727 bits per heavy atom. The molecule has 0 spiro atoms. The van der Waals surface area contributed by atoms with Crippen molar-refractivity contribution in [2.24, 2.45) is 0 Å². The van der Waals surface area contributed by atoms with E-state index in [2.05, 4.69) is 189 Å². The Balaban J connectivity index is 1.09. The molecule has 252 valence electrons. The lowest BCUT2D eigenvalue weighted by Crippen LogP contribution is -1.94. The second-order valence-corrected chi connectivity index (χ2v) is 14.9. The maximum atomic E-state index is 10.2. The molecule has 0 atom stereocenters. The molecule has 13 rings (SSSR count). The van der Waals surface area contributed by atoms with Crippen LogP contribution in [0.3, 0.4) is 0 Å². The summed E-state index contributed by atoms with van der Waals surface area (Å²) in [5.41, 5.74) is 11.2. The topological polar surface area (TPSA) is 38.1 Å². The molecule has 0 aliphatic carbocycles. The third-order valence-corrected chi connectivity index (χ3v) is 12.1. The molecule has 0 amide bonds. The SMILES string of the molecule is N#Cc1cc2c3cc4ccc(-n5c6ccccc6c6ccccc65)cc4cc3n3c4cc5cc(-n6c7ccccc7c7ccccc76)ccc5cc4c(c1)c23. The molecule has 0 saturated heterocycles. The highest BCUT2D eigenvalue weighted by atomic mass is 15.0. The number of nitrogens with zero attached hydrogens (tertiary/aromatic N) is 4. The molecular weight excluding hydrogens is 669 g/mol. The van der Waals surface area contributed by atoms with E-state index >= 15 is 0 Å². The van der Waals surface area contributed by atoms with Gasteiger partial charge in [0.2, 0.25) is 0 Å². The van der Waals surface area contributed by atoms with E-state index in [0.717, 1.165) is 44.0 Å². The van der Waals surface area contributed by atoms with Crippen molar-refractivity contribution in [3.05, 3.63) is 175 Å². The van der Waals surface area contributed by atoms with E-state index in [-0.39, 0.29) is 0 Å². The van der Waals surface area contributed by atoms with Gasteiger partial charge in [-0.15, -0.1) is 0 Å². The molecule has 0 N–H and O–H groups in total. The van der Waals surface area contributed by atoms with Crippen molar-refractivity contribution in [1.29, 1.82) is 5.26 Å². The third kappa shape index (κ3) is 3.74. The molecule has 0 bridgehead atoms. The fourth-order valence-electron chi connectivity index (χ4n) is 9.75. The van der Waals surface area contributed by atoms with Gasteiger partial charge in [0, 0.05) is 54.5 Å². The Morgan fingerprint density at radius 3 is 1.13 bits per heavy atom. The molecular formula is C51H28N4. The molecule has 4 aromatic heterocycles. The van der Waals surface area contributed by atoms with Crippen LogP contribution in [-0.2, 0) is 0 Å². The van der Waals surface area contributed by atoms with Gasteiger partial charge in [0.05, 0.1) is 50.2 Å². The van der Waals surface area contributed by atoms with E-state index in [1.807, 2.05) is 0 Å². The zero-order valence-electron chi connectivity index (χ0n) is 29.5. The van der Waals surface area contributed by atoms with Gasteiger partial charge in [-0.2, -0.15) is 5.26 Å². The summed E-state index contributed by atoms with van der Waals surface area (Å²) in [6.45, 7) is 0. The van der Waals surface area contributed by atoms with Gasteiger partial charge in [0.15, 0.2) is 0 Å². The van der Waals surface area contributed by atoms with Crippen LogP contribution in [0.4, 0.5) is 0 Å².